The van der Waals surface area contributed by atoms with Crippen molar-refractivity contribution in [2.45, 2.75) is 13.0 Å². The Balaban J connectivity index is 1.63. The highest BCUT2D eigenvalue weighted by molar-refractivity contribution is 5.87. The Kier molecular flexibility index (Phi) is 5.50. The van der Waals surface area contributed by atoms with Crippen LogP contribution in [-0.4, -0.2) is 23.1 Å². The third-order valence-electron chi connectivity index (χ3n) is 3.99. The average Bonchev–Trinajstić information content (AvgIpc) is 2.69. The van der Waals surface area contributed by atoms with Crippen LogP contribution in [0.4, 0.5) is 5.69 Å². The fourth-order valence-corrected chi connectivity index (χ4v) is 2.51. The quantitative estimate of drug-likeness (QED) is 0.402. The van der Waals surface area contributed by atoms with Gasteiger partial charge in [0.2, 0.25) is 0 Å². The topological polar surface area (TPSA) is 117 Å². The lowest BCUT2D eigenvalue weighted by atomic mass is 10.1. The van der Waals surface area contributed by atoms with Gasteiger partial charge in [-0.2, -0.15) is 5.10 Å². The molecule has 28 heavy (non-hydrogen) atoms. The molecule has 0 spiro atoms. The Bertz CT molecular complexity index is 1060. The van der Waals surface area contributed by atoms with Crippen LogP contribution in [-0.2, 0) is 4.79 Å². The molecular weight excluding hydrogens is 362 g/mol. The SMILES string of the molecule is C[C@@H](Oc1ccc2ccccc2c1)C(=O)N/N=C\c1cc([N+](=O)[O-])ccc1[O-]. The molecule has 0 heterocycles. The summed E-state index contributed by atoms with van der Waals surface area (Å²) in [7, 11) is 0. The van der Waals surface area contributed by atoms with Gasteiger partial charge in [-0.05, 0) is 35.4 Å². The number of rotatable bonds is 6. The lowest BCUT2D eigenvalue weighted by Gasteiger charge is -2.13. The first-order valence-electron chi connectivity index (χ1n) is 8.38. The minimum absolute atomic E-state index is 0.00222. The molecule has 3 rings (SSSR count). The summed E-state index contributed by atoms with van der Waals surface area (Å²) in [6.45, 7) is 1.56. The molecule has 142 valence electrons. The van der Waals surface area contributed by atoms with Gasteiger partial charge in [-0.3, -0.25) is 14.9 Å². The van der Waals surface area contributed by atoms with Crippen LogP contribution in [0.2, 0.25) is 0 Å². The fourth-order valence-electron chi connectivity index (χ4n) is 2.51. The van der Waals surface area contributed by atoms with Gasteiger partial charge < -0.3 is 9.84 Å². The standard InChI is InChI=1S/C20H17N3O5/c1-13(28-18-8-6-14-4-2-3-5-15(14)11-18)20(25)22-21-12-16-10-17(23(26)27)7-9-19(16)24/h2-13,24H,1H3,(H,22,25)/p-1/b21-12-/t13-/m1/s1. The number of hydrogen-bond acceptors (Lipinski definition) is 6. The summed E-state index contributed by atoms with van der Waals surface area (Å²) in [5.41, 5.74) is 2.02. The predicted molar refractivity (Wildman–Crippen MR) is 102 cm³/mol. The first kappa shape index (κ1) is 18.8. The number of nitrogens with one attached hydrogen (secondary N) is 1. The van der Waals surface area contributed by atoms with Crippen LogP contribution in [0.1, 0.15) is 12.5 Å². The number of hydrazone groups is 1. The number of hydrogen-bond donors (Lipinski definition) is 1. The number of ether oxygens (including phenoxy) is 1. The molecule has 0 bridgehead atoms. The van der Waals surface area contributed by atoms with Crippen LogP contribution in [0.15, 0.2) is 65.8 Å². The zero-order valence-electron chi connectivity index (χ0n) is 14.9. The van der Waals surface area contributed by atoms with Crippen molar-refractivity contribution in [1.29, 1.82) is 0 Å². The van der Waals surface area contributed by atoms with Gasteiger partial charge in [0.25, 0.3) is 11.6 Å². The van der Waals surface area contributed by atoms with Crippen molar-refractivity contribution in [3.8, 4) is 11.5 Å². The lowest BCUT2D eigenvalue weighted by Crippen LogP contribution is -2.33. The number of benzene rings is 3. The van der Waals surface area contributed by atoms with E-state index in [9.17, 15) is 20.0 Å². The third-order valence-corrected chi connectivity index (χ3v) is 3.99. The molecule has 3 aromatic rings. The normalized spacial score (nSPS) is 12.0. The Labute approximate surface area is 160 Å². The maximum Gasteiger partial charge on any atom is 0.280 e. The molecule has 3 aromatic carbocycles. The smallest absolute Gasteiger partial charge is 0.280 e. The number of non-ortho nitro benzene ring substituents is 1. The molecule has 0 aliphatic rings. The monoisotopic (exact) mass is 378 g/mol. The van der Waals surface area contributed by atoms with Crippen LogP contribution in [0.3, 0.4) is 0 Å². The van der Waals surface area contributed by atoms with Crippen molar-refractivity contribution >= 4 is 28.6 Å². The molecule has 0 saturated carbocycles. The van der Waals surface area contributed by atoms with E-state index in [0.717, 1.165) is 35.2 Å². The molecule has 8 nitrogen and oxygen atoms in total. The van der Waals surface area contributed by atoms with Gasteiger partial charge in [0.15, 0.2) is 6.10 Å². The summed E-state index contributed by atoms with van der Waals surface area (Å²) in [5.74, 6) is -0.433. The second-order valence-electron chi connectivity index (χ2n) is 5.98. The molecule has 0 unspecified atom stereocenters. The van der Waals surface area contributed by atoms with E-state index in [1.54, 1.807) is 13.0 Å². The van der Waals surface area contributed by atoms with E-state index in [1.807, 2.05) is 36.4 Å². The number of carbonyl (C=O) groups excluding carboxylic acids is 1. The van der Waals surface area contributed by atoms with E-state index in [1.165, 1.54) is 0 Å². The molecule has 0 aromatic heterocycles. The molecule has 0 saturated heterocycles. The zero-order chi connectivity index (χ0) is 20.1. The molecule has 1 atom stereocenters. The maximum atomic E-state index is 12.1. The van der Waals surface area contributed by atoms with Crippen molar-refractivity contribution in [2.75, 3.05) is 0 Å². The maximum absolute atomic E-state index is 12.1. The molecule has 0 radical (unpaired) electrons. The van der Waals surface area contributed by atoms with Crippen molar-refractivity contribution < 1.29 is 19.6 Å². The Morgan fingerprint density at radius 2 is 1.89 bits per heavy atom. The first-order chi connectivity index (χ1) is 13.4. The van der Waals surface area contributed by atoms with E-state index >= 15 is 0 Å². The van der Waals surface area contributed by atoms with Crippen LogP contribution in [0.25, 0.3) is 10.8 Å². The molecule has 1 N–H and O–H groups in total. The summed E-state index contributed by atoms with van der Waals surface area (Å²) < 4.78 is 5.62. The molecule has 0 aliphatic heterocycles. The van der Waals surface area contributed by atoms with Gasteiger partial charge in [-0.25, -0.2) is 5.43 Å². The fraction of sp³-hybridized carbons (Fsp3) is 0.100. The number of carbonyl (C=O) groups is 1. The van der Waals surface area contributed by atoms with E-state index < -0.39 is 22.7 Å². The van der Waals surface area contributed by atoms with Gasteiger partial charge in [0.05, 0.1) is 11.1 Å². The highest BCUT2D eigenvalue weighted by atomic mass is 16.6. The summed E-state index contributed by atoms with van der Waals surface area (Å²) in [4.78, 5) is 22.3. The van der Waals surface area contributed by atoms with Crippen LogP contribution in [0, 0.1) is 10.1 Å². The van der Waals surface area contributed by atoms with E-state index in [-0.39, 0.29) is 11.3 Å². The van der Waals surface area contributed by atoms with E-state index in [4.69, 9.17) is 4.74 Å². The van der Waals surface area contributed by atoms with Crippen LogP contribution in [0.5, 0.6) is 11.5 Å². The summed E-state index contributed by atoms with van der Waals surface area (Å²) >= 11 is 0. The van der Waals surface area contributed by atoms with Crippen molar-refractivity contribution in [3.05, 3.63) is 76.3 Å². The van der Waals surface area contributed by atoms with Gasteiger partial charge in [0.1, 0.15) is 5.75 Å². The number of nitro groups is 1. The van der Waals surface area contributed by atoms with Gasteiger partial charge >= 0.3 is 0 Å². The molecule has 0 fully saturated rings. The minimum atomic E-state index is -0.838. The highest BCUT2D eigenvalue weighted by Crippen LogP contribution is 2.21. The summed E-state index contributed by atoms with van der Waals surface area (Å²) in [6, 6.07) is 16.5. The van der Waals surface area contributed by atoms with Crippen molar-refractivity contribution in [2.24, 2.45) is 5.10 Å². The highest BCUT2D eigenvalue weighted by Gasteiger charge is 2.14. The number of nitro benzene ring substituents is 1. The second kappa shape index (κ2) is 8.17. The summed E-state index contributed by atoms with van der Waals surface area (Å²) in [6.07, 6.45) is 0.228. The molecule has 1 amide bonds. The molecule has 0 aliphatic carbocycles. The van der Waals surface area contributed by atoms with Crippen LogP contribution < -0.4 is 15.3 Å². The largest absolute Gasteiger partial charge is 0.872 e. The molecular formula is C20H16N3O5-. The van der Waals surface area contributed by atoms with Gasteiger partial charge in [-0.1, -0.05) is 42.1 Å². The minimum Gasteiger partial charge on any atom is -0.872 e. The average molecular weight is 378 g/mol. The summed E-state index contributed by atoms with van der Waals surface area (Å²) in [5, 5.41) is 28.2. The zero-order valence-corrected chi connectivity index (χ0v) is 14.9. The molecule has 8 heteroatoms. The Morgan fingerprint density at radius 3 is 2.64 bits per heavy atom. The van der Waals surface area contributed by atoms with E-state index in [2.05, 4.69) is 10.5 Å². The van der Waals surface area contributed by atoms with Crippen LogP contribution >= 0.6 is 0 Å². The van der Waals surface area contributed by atoms with Crippen molar-refractivity contribution in [3.63, 3.8) is 0 Å². The van der Waals surface area contributed by atoms with Crippen molar-refractivity contribution in [1.82, 2.24) is 5.43 Å². The third kappa shape index (κ3) is 4.42. The van der Waals surface area contributed by atoms with Gasteiger partial charge in [0, 0.05) is 12.1 Å². The van der Waals surface area contributed by atoms with E-state index in [0.29, 0.717) is 5.75 Å². The van der Waals surface area contributed by atoms with Gasteiger partial charge in [-0.15, -0.1) is 0 Å². The number of amides is 1. The number of fused-ring (bicyclic) bond motifs is 1. The predicted octanol–water partition coefficient (Wildman–Crippen LogP) is 2.74. The first-order valence-corrected chi connectivity index (χ1v) is 8.38. The Hall–Kier alpha value is -3.94. The lowest BCUT2D eigenvalue weighted by molar-refractivity contribution is -0.385. The Morgan fingerprint density at radius 1 is 1.14 bits per heavy atom. The number of nitrogens with zero attached hydrogens (tertiary/aromatic N) is 2. The second-order valence-corrected chi connectivity index (χ2v) is 5.98.